The zero-order valence-corrected chi connectivity index (χ0v) is 11.4. The molecule has 1 amide bonds. The monoisotopic (exact) mass is 285 g/mol. The molecule has 1 fully saturated rings. The zero-order chi connectivity index (χ0) is 13.0. The number of amides is 1. The molecule has 19 heavy (non-hydrogen) atoms. The molecule has 0 saturated heterocycles. The Bertz CT molecular complexity index is 445. The molecule has 1 aliphatic rings. The molecule has 1 saturated carbocycles. The minimum absolute atomic E-state index is 0. The van der Waals surface area contributed by atoms with E-state index in [1.165, 1.54) is 7.11 Å². The summed E-state index contributed by atoms with van der Waals surface area (Å²) < 4.78 is 9.67. The van der Waals surface area contributed by atoms with E-state index < -0.39 is 17.6 Å². The van der Waals surface area contributed by atoms with Gasteiger partial charge < -0.3 is 14.8 Å². The molecule has 6 heteroatoms. The molecule has 0 unspecified atom stereocenters. The molecule has 1 aromatic rings. The van der Waals surface area contributed by atoms with Gasteiger partial charge in [0.2, 0.25) is 0 Å². The van der Waals surface area contributed by atoms with Crippen LogP contribution < -0.4 is 5.32 Å². The van der Waals surface area contributed by atoms with E-state index in [1.54, 1.807) is 0 Å². The maximum atomic E-state index is 11.6. The number of esters is 1. The number of ether oxygens (including phenoxy) is 2. The summed E-state index contributed by atoms with van der Waals surface area (Å²) in [5, 5.41) is 2.55. The SMILES string of the molecule is COC(=O)C1(NC(=O)OCc2ccccc2)CC1.Cl. The number of alkyl carbamates (subject to hydrolysis) is 1. The Kier molecular flexibility index (Phi) is 5.18. The van der Waals surface area contributed by atoms with Crippen molar-refractivity contribution in [3.63, 3.8) is 0 Å². The third kappa shape index (κ3) is 3.86. The molecule has 1 aliphatic carbocycles. The van der Waals surface area contributed by atoms with Crippen LogP contribution in [0.25, 0.3) is 0 Å². The Labute approximate surface area is 117 Å². The number of benzene rings is 1. The van der Waals surface area contributed by atoms with E-state index in [4.69, 9.17) is 4.74 Å². The summed E-state index contributed by atoms with van der Waals surface area (Å²) in [4.78, 5) is 23.0. The lowest BCUT2D eigenvalue weighted by molar-refractivity contribution is -0.144. The van der Waals surface area contributed by atoms with Crippen LogP contribution in [0.15, 0.2) is 30.3 Å². The highest BCUT2D eigenvalue weighted by molar-refractivity contribution is 5.88. The maximum Gasteiger partial charge on any atom is 0.408 e. The predicted octanol–water partition coefficient (Wildman–Crippen LogP) is 2.04. The Hall–Kier alpha value is -1.75. The summed E-state index contributed by atoms with van der Waals surface area (Å²) >= 11 is 0. The lowest BCUT2D eigenvalue weighted by atomic mass is 10.2. The first-order valence-electron chi connectivity index (χ1n) is 5.73. The second-order valence-corrected chi connectivity index (χ2v) is 4.26. The zero-order valence-electron chi connectivity index (χ0n) is 10.5. The molecule has 0 aliphatic heterocycles. The van der Waals surface area contributed by atoms with Gasteiger partial charge in [0.15, 0.2) is 0 Å². The average Bonchev–Trinajstić information content (AvgIpc) is 3.17. The van der Waals surface area contributed by atoms with Crippen LogP contribution in [-0.2, 0) is 20.9 Å². The molecule has 1 N–H and O–H groups in total. The normalized spacial score (nSPS) is 14.8. The number of carbonyl (C=O) groups is 2. The van der Waals surface area contributed by atoms with Crippen molar-refractivity contribution in [2.45, 2.75) is 25.0 Å². The van der Waals surface area contributed by atoms with Crippen LogP contribution in [0.2, 0.25) is 0 Å². The van der Waals surface area contributed by atoms with Crippen molar-refractivity contribution in [1.29, 1.82) is 0 Å². The summed E-state index contributed by atoms with van der Waals surface area (Å²) in [5.41, 5.74) is 0.0401. The van der Waals surface area contributed by atoms with Crippen molar-refractivity contribution >= 4 is 24.5 Å². The lowest BCUT2D eigenvalue weighted by Gasteiger charge is -2.14. The lowest BCUT2D eigenvalue weighted by Crippen LogP contribution is -2.44. The van der Waals surface area contributed by atoms with E-state index >= 15 is 0 Å². The van der Waals surface area contributed by atoms with Crippen molar-refractivity contribution in [2.75, 3.05) is 7.11 Å². The van der Waals surface area contributed by atoms with Gasteiger partial charge in [0, 0.05) is 0 Å². The molecule has 2 rings (SSSR count). The van der Waals surface area contributed by atoms with Gasteiger partial charge in [-0.1, -0.05) is 30.3 Å². The van der Waals surface area contributed by atoms with E-state index in [-0.39, 0.29) is 19.0 Å². The molecule has 0 spiro atoms. The number of hydrogen-bond acceptors (Lipinski definition) is 4. The summed E-state index contributed by atoms with van der Waals surface area (Å²) in [5.74, 6) is -0.417. The summed E-state index contributed by atoms with van der Waals surface area (Å²) in [6.45, 7) is 0.184. The van der Waals surface area contributed by atoms with Crippen LogP contribution in [0.1, 0.15) is 18.4 Å². The third-order valence-corrected chi connectivity index (χ3v) is 2.88. The minimum atomic E-state index is -0.859. The highest BCUT2D eigenvalue weighted by atomic mass is 35.5. The van der Waals surface area contributed by atoms with Gasteiger partial charge in [-0.05, 0) is 18.4 Å². The quantitative estimate of drug-likeness (QED) is 0.860. The van der Waals surface area contributed by atoms with Gasteiger partial charge in [0.05, 0.1) is 7.11 Å². The maximum absolute atomic E-state index is 11.6. The largest absolute Gasteiger partial charge is 0.467 e. The number of nitrogens with one attached hydrogen (secondary N) is 1. The molecule has 104 valence electrons. The van der Waals surface area contributed by atoms with Gasteiger partial charge in [0.25, 0.3) is 0 Å². The number of rotatable bonds is 4. The number of methoxy groups -OCH3 is 1. The van der Waals surface area contributed by atoms with Gasteiger partial charge in [0.1, 0.15) is 12.1 Å². The summed E-state index contributed by atoms with van der Waals surface area (Å²) in [6, 6.07) is 9.35. The van der Waals surface area contributed by atoms with Gasteiger partial charge in [-0.3, -0.25) is 0 Å². The topological polar surface area (TPSA) is 64.6 Å². The van der Waals surface area contributed by atoms with E-state index in [0.29, 0.717) is 12.8 Å². The fraction of sp³-hybridized carbons (Fsp3) is 0.385. The fourth-order valence-corrected chi connectivity index (χ4v) is 1.66. The Morgan fingerprint density at radius 3 is 2.42 bits per heavy atom. The molecule has 0 heterocycles. The van der Waals surface area contributed by atoms with E-state index in [2.05, 4.69) is 10.1 Å². The fourth-order valence-electron chi connectivity index (χ4n) is 1.66. The Balaban J connectivity index is 0.00000180. The van der Waals surface area contributed by atoms with E-state index in [9.17, 15) is 9.59 Å². The van der Waals surface area contributed by atoms with Gasteiger partial charge in [-0.25, -0.2) is 9.59 Å². The highest BCUT2D eigenvalue weighted by Gasteiger charge is 2.52. The average molecular weight is 286 g/mol. The van der Waals surface area contributed by atoms with Crippen LogP contribution in [0.4, 0.5) is 4.79 Å². The number of hydrogen-bond donors (Lipinski definition) is 1. The number of carbonyl (C=O) groups excluding carboxylic acids is 2. The van der Waals surface area contributed by atoms with E-state index in [0.717, 1.165) is 5.56 Å². The van der Waals surface area contributed by atoms with Crippen LogP contribution in [0, 0.1) is 0 Å². The van der Waals surface area contributed by atoms with Crippen LogP contribution in [-0.4, -0.2) is 24.7 Å². The first-order chi connectivity index (χ1) is 8.66. The second kappa shape index (κ2) is 6.43. The second-order valence-electron chi connectivity index (χ2n) is 4.26. The molecule has 0 aromatic heterocycles. The molecule has 1 aromatic carbocycles. The van der Waals surface area contributed by atoms with Crippen molar-refractivity contribution < 1.29 is 19.1 Å². The molecular weight excluding hydrogens is 270 g/mol. The summed E-state index contributed by atoms with van der Waals surface area (Å²) in [7, 11) is 1.30. The smallest absolute Gasteiger partial charge is 0.408 e. The van der Waals surface area contributed by atoms with Gasteiger partial charge in [-0.2, -0.15) is 0 Å². The molecule has 0 atom stereocenters. The standard InChI is InChI=1S/C13H15NO4.ClH/c1-17-11(15)13(7-8-13)14-12(16)18-9-10-5-3-2-4-6-10;/h2-6H,7-9H2,1H3,(H,14,16);1H. The summed E-state index contributed by atoms with van der Waals surface area (Å²) in [6.07, 6.45) is 0.599. The molecule has 0 radical (unpaired) electrons. The Morgan fingerprint density at radius 1 is 1.26 bits per heavy atom. The predicted molar refractivity (Wildman–Crippen MR) is 71.0 cm³/mol. The first-order valence-corrected chi connectivity index (χ1v) is 5.73. The van der Waals surface area contributed by atoms with Crippen molar-refractivity contribution in [3.05, 3.63) is 35.9 Å². The molecular formula is C13H16ClNO4. The molecule has 5 nitrogen and oxygen atoms in total. The van der Waals surface area contributed by atoms with Crippen molar-refractivity contribution in [1.82, 2.24) is 5.32 Å². The van der Waals surface area contributed by atoms with Crippen LogP contribution >= 0.6 is 12.4 Å². The third-order valence-electron chi connectivity index (χ3n) is 2.88. The Morgan fingerprint density at radius 2 is 1.89 bits per heavy atom. The molecule has 0 bridgehead atoms. The van der Waals surface area contributed by atoms with Crippen molar-refractivity contribution in [3.8, 4) is 0 Å². The van der Waals surface area contributed by atoms with Crippen LogP contribution in [0.5, 0.6) is 0 Å². The van der Waals surface area contributed by atoms with E-state index in [1.807, 2.05) is 30.3 Å². The van der Waals surface area contributed by atoms with Gasteiger partial charge >= 0.3 is 12.1 Å². The van der Waals surface area contributed by atoms with Crippen molar-refractivity contribution in [2.24, 2.45) is 0 Å². The highest BCUT2D eigenvalue weighted by Crippen LogP contribution is 2.36. The first kappa shape index (κ1) is 15.3. The van der Waals surface area contributed by atoms with Gasteiger partial charge in [-0.15, -0.1) is 12.4 Å². The number of halogens is 1. The minimum Gasteiger partial charge on any atom is -0.467 e. The van der Waals surface area contributed by atoms with Crippen LogP contribution in [0.3, 0.4) is 0 Å².